The molecule has 15 heavy (non-hydrogen) atoms. The van der Waals surface area contributed by atoms with Crippen LogP contribution in [0.25, 0.3) is 0 Å². The Kier molecular flexibility index (Phi) is 2.80. The summed E-state index contributed by atoms with van der Waals surface area (Å²) in [6.07, 6.45) is 6.86. The standard InChI is InChI=1S/C10H14N4O/c11-10(15)8-2-1-5-14(7-8)9-6-12-3-4-13-9/h3-4,6,8H,1-2,5,7H2,(H2,11,15)/t8-/m0/s1. The molecule has 1 fully saturated rings. The highest BCUT2D eigenvalue weighted by Crippen LogP contribution is 2.20. The zero-order chi connectivity index (χ0) is 10.7. The van der Waals surface area contributed by atoms with Crippen LogP contribution in [0.15, 0.2) is 18.6 Å². The fourth-order valence-corrected chi connectivity index (χ4v) is 1.87. The number of hydrogen-bond donors (Lipinski definition) is 1. The van der Waals surface area contributed by atoms with Gasteiger partial charge >= 0.3 is 0 Å². The minimum absolute atomic E-state index is 0.0549. The van der Waals surface area contributed by atoms with Gasteiger partial charge in [0.2, 0.25) is 5.91 Å². The Morgan fingerprint density at radius 1 is 1.53 bits per heavy atom. The molecule has 0 saturated carbocycles. The van der Waals surface area contributed by atoms with E-state index in [0.717, 1.165) is 25.2 Å². The smallest absolute Gasteiger partial charge is 0.222 e. The minimum Gasteiger partial charge on any atom is -0.369 e. The number of hydrogen-bond acceptors (Lipinski definition) is 4. The summed E-state index contributed by atoms with van der Waals surface area (Å²) in [4.78, 5) is 21.4. The van der Waals surface area contributed by atoms with Crippen LogP contribution < -0.4 is 10.6 Å². The maximum atomic E-state index is 11.1. The van der Waals surface area contributed by atoms with Crippen molar-refractivity contribution in [3.63, 3.8) is 0 Å². The number of primary amides is 1. The van der Waals surface area contributed by atoms with Gasteiger partial charge in [0.05, 0.1) is 12.1 Å². The van der Waals surface area contributed by atoms with Crippen molar-refractivity contribution in [3.8, 4) is 0 Å². The highest BCUT2D eigenvalue weighted by Gasteiger charge is 2.24. The monoisotopic (exact) mass is 206 g/mol. The Hall–Kier alpha value is -1.65. The number of aromatic nitrogens is 2. The maximum absolute atomic E-state index is 11.1. The van der Waals surface area contributed by atoms with Gasteiger partial charge in [0.25, 0.3) is 0 Å². The number of carbonyl (C=O) groups is 1. The lowest BCUT2D eigenvalue weighted by Crippen LogP contribution is -2.41. The molecule has 2 rings (SSSR count). The van der Waals surface area contributed by atoms with Crippen molar-refractivity contribution in [1.29, 1.82) is 0 Å². The topological polar surface area (TPSA) is 72.1 Å². The fraction of sp³-hybridized carbons (Fsp3) is 0.500. The van der Waals surface area contributed by atoms with Gasteiger partial charge in [-0.15, -0.1) is 0 Å². The summed E-state index contributed by atoms with van der Waals surface area (Å²) in [7, 11) is 0. The number of piperidine rings is 1. The predicted octanol–water partition coefficient (Wildman–Crippen LogP) is 0.178. The third kappa shape index (κ3) is 2.23. The van der Waals surface area contributed by atoms with Crippen LogP contribution in [0.2, 0.25) is 0 Å². The summed E-state index contributed by atoms with van der Waals surface area (Å²) >= 11 is 0. The van der Waals surface area contributed by atoms with Gasteiger partial charge < -0.3 is 10.6 Å². The van der Waals surface area contributed by atoms with Gasteiger partial charge in [-0.2, -0.15) is 0 Å². The van der Waals surface area contributed by atoms with Gasteiger partial charge in [-0.3, -0.25) is 9.78 Å². The molecule has 0 unspecified atom stereocenters. The summed E-state index contributed by atoms with van der Waals surface area (Å²) in [6, 6.07) is 0. The molecule has 2 N–H and O–H groups in total. The van der Waals surface area contributed by atoms with Crippen molar-refractivity contribution in [3.05, 3.63) is 18.6 Å². The van der Waals surface area contributed by atoms with Crippen LogP contribution >= 0.6 is 0 Å². The molecule has 0 aliphatic carbocycles. The summed E-state index contributed by atoms with van der Waals surface area (Å²) in [6.45, 7) is 1.58. The van der Waals surface area contributed by atoms with E-state index in [1.807, 2.05) is 0 Å². The van der Waals surface area contributed by atoms with E-state index < -0.39 is 0 Å². The quantitative estimate of drug-likeness (QED) is 0.749. The fourth-order valence-electron chi connectivity index (χ4n) is 1.87. The van der Waals surface area contributed by atoms with Gasteiger partial charge in [0.1, 0.15) is 5.82 Å². The van der Waals surface area contributed by atoms with Crippen LogP contribution in [-0.2, 0) is 4.79 Å². The van der Waals surface area contributed by atoms with Crippen LogP contribution in [0, 0.1) is 5.92 Å². The molecule has 0 spiro atoms. The second-order valence-corrected chi connectivity index (χ2v) is 3.75. The van der Waals surface area contributed by atoms with E-state index in [9.17, 15) is 4.79 Å². The van der Waals surface area contributed by atoms with Crippen LogP contribution in [0.3, 0.4) is 0 Å². The van der Waals surface area contributed by atoms with E-state index in [1.165, 1.54) is 0 Å². The van der Waals surface area contributed by atoms with E-state index in [4.69, 9.17) is 5.73 Å². The van der Waals surface area contributed by atoms with Crippen molar-refractivity contribution in [2.45, 2.75) is 12.8 Å². The molecule has 0 bridgehead atoms. The average Bonchev–Trinajstić information content (AvgIpc) is 2.30. The first-order chi connectivity index (χ1) is 7.27. The molecule has 80 valence electrons. The van der Waals surface area contributed by atoms with E-state index in [2.05, 4.69) is 14.9 Å². The van der Waals surface area contributed by atoms with E-state index >= 15 is 0 Å². The van der Waals surface area contributed by atoms with Gasteiger partial charge in [-0.25, -0.2) is 4.98 Å². The first-order valence-corrected chi connectivity index (χ1v) is 5.07. The zero-order valence-corrected chi connectivity index (χ0v) is 8.47. The van der Waals surface area contributed by atoms with Crippen molar-refractivity contribution < 1.29 is 4.79 Å². The van der Waals surface area contributed by atoms with Crippen molar-refractivity contribution in [2.24, 2.45) is 11.7 Å². The molecule has 1 saturated heterocycles. The molecule has 1 aliphatic rings. The van der Waals surface area contributed by atoms with E-state index in [-0.39, 0.29) is 11.8 Å². The Morgan fingerprint density at radius 2 is 2.40 bits per heavy atom. The highest BCUT2D eigenvalue weighted by atomic mass is 16.1. The Labute approximate surface area is 88.3 Å². The third-order valence-electron chi connectivity index (χ3n) is 2.70. The summed E-state index contributed by atoms with van der Waals surface area (Å²) in [5.74, 6) is 0.549. The predicted molar refractivity (Wildman–Crippen MR) is 56.2 cm³/mol. The molecule has 1 aliphatic heterocycles. The SMILES string of the molecule is NC(=O)[C@H]1CCCN(c2cnccn2)C1. The maximum Gasteiger partial charge on any atom is 0.222 e. The normalized spacial score (nSPS) is 21.3. The summed E-state index contributed by atoms with van der Waals surface area (Å²) in [5.41, 5.74) is 5.31. The molecule has 0 radical (unpaired) electrons. The lowest BCUT2D eigenvalue weighted by Gasteiger charge is -2.31. The summed E-state index contributed by atoms with van der Waals surface area (Å²) < 4.78 is 0. The Bertz CT molecular complexity index is 341. The van der Waals surface area contributed by atoms with Crippen LogP contribution in [0.4, 0.5) is 5.82 Å². The molecule has 1 amide bonds. The first kappa shape index (κ1) is 9.89. The van der Waals surface area contributed by atoms with Crippen molar-refractivity contribution in [1.82, 2.24) is 9.97 Å². The molecule has 2 heterocycles. The van der Waals surface area contributed by atoms with Gasteiger partial charge in [-0.05, 0) is 12.8 Å². The number of rotatable bonds is 2. The van der Waals surface area contributed by atoms with Crippen molar-refractivity contribution >= 4 is 11.7 Å². The number of anilines is 1. The molecule has 5 heteroatoms. The number of nitrogens with two attached hydrogens (primary N) is 1. The average molecular weight is 206 g/mol. The van der Waals surface area contributed by atoms with E-state index in [1.54, 1.807) is 18.6 Å². The molecule has 5 nitrogen and oxygen atoms in total. The van der Waals surface area contributed by atoms with Crippen LogP contribution in [0.5, 0.6) is 0 Å². The van der Waals surface area contributed by atoms with Gasteiger partial charge in [-0.1, -0.05) is 0 Å². The number of nitrogens with zero attached hydrogens (tertiary/aromatic N) is 3. The number of carbonyl (C=O) groups excluding carboxylic acids is 1. The van der Waals surface area contributed by atoms with Gasteiger partial charge in [0.15, 0.2) is 0 Å². The molecular formula is C10H14N4O. The minimum atomic E-state index is -0.219. The van der Waals surface area contributed by atoms with E-state index in [0.29, 0.717) is 6.54 Å². The second kappa shape index (κ2) is 4.25. The Balaban J connectivity index is 2.08. The molecule has 0 aromatic carbocycles. The molecule has 1 aromatic rings. The third-order valence-corrected chi connectivity index (χ3v) is 2.70. The van der Waals surface area contributed by atoms with Crippen molar-refractivity contribution in [2.75, 3.05) is 18.0 Å². The molecule has 1 aromatic heterocycles. The Morgan fingerprint density at radius 3 is 3.07 bits per heavy atom. The van der Waals surface area contributed by atoms with Crippen LogP contribution in [0.1, 0.15) is 12.8 Å². The second-order valence-electron chi connectivity index (χ2n) is 3.75. The lowest BCUT2D eigenvalue weighted by atomic mass is 9.98. The molecule has 1 atom stereocenters. The molecular weight excluding hydrogens is 192 g/mol. The first-order valence-electron chi connectivity index (χ1n) is 5.07. The summed E-state index contributed by atoms with van der Waals surface area (Å²) in [5, 5.41) is 0. The van der Waals surface area contributed by atoms with Gasteiger partial charge in [0, 0.05) is 25.5 Å². The zero-order valence-electron chi connectivity index (χ0n) is 8.47. The number of amides is 1. The lowest BCUT2D eigenvalue weighted by molar-refractivity contribution is -0.122. The largest absolute Gasteiger partial charge is 0.369 e. The highest BCUT2D eigenvalue weighted by molar-refractivity contribution is 5.77. The van der Waals surface area contributed by atoms with Crippen LogP contribution in [-0.4, -0.2) is 29.0 Å².